The van der Waals surface area contributed by atoms with Gasteiger partial charge in [0.15, 0.2) is 17.3 Å². The van der Waals surface area contributed by atoms with Gasteiger partial charge in [0.25, 0.3) is 11.8 Å². The van der Waals surface area contributed by atoms with Gasteiger partial charge in [-0.25, -0.2) is 4.79 Å². The maximum absolute atomic E-state index is 15.4. The number of esters is 2. The van der Waals surface area contributed by atoms with E-state index in [-0.39, 0.29) is 105 Å². The van der Waals surface area contributed by atoms with Gasteiger partial charge >= 0.3 is 11.9 Å². The van der Waals surface area contributed by atoms with E-state index in [2.05, 4.69) is 17.6 Å². The molecule has 1 saturated heterocycles. The van der Waals surface area contributed by atoms with Crippen LogP contribution < -0.4 is 10.6 Å². The number of ketones is 4. The number of rotatable bonds is 33. The van der Waals surface area contributed by atoms with Crippen molar-refractivity contribution in [1.82, 2.24) is 15.5 Å². The maximum Gasteiger partial charge on any atom is 0.348 e. The number of hydrogen-bond donors (Lipinski definition) is 3. The number of carbonyl (C=O) groups excluding carboxylic acids is 10. The van der Waals surface area contributed by atoms with Crippen molar-refractivity contribution >= 4 is 58.7 Å². The van der Waals surface area contributed by atoms with Crippen molar-refractivity contribution in [3.63, 3.8) is 0 Å². The number of carbonyl (C=O) groups is 10. The quantitative estimate of drug-likeness (QED) is 0.0261. The molecule has 0 radical (unpaired) electrons. The molecule has 2 aromatic rings. The van der Waals surface area contributed by atoms with Gasteiger partial charge in [-0.2, -0.15) is 0 Å². The van der Waals surface area contributed by atoms with E-state index in [1.807, 2.05) is 109 Å². The Bertz CT molecular complexity index is 3030. The highest BCUT2D eigenvalue weighted by molar-refractivity contribution is 6.12. The van der Waals surface area contributed by atoms with Crippen LogP contribution in [0.1, 0.15) is 176 Å². The zero-order valence-electron chi connectivity index (χ0n) is 55.6. The molecule has 1 unspecified atom stereocenters. The molecule has 2 heterocycles. The van der Waals surface area contributed by atoms with Crippen molar-refractivity contribution in [2.24, 2.45) is 45.8 Å². The minimum Gasteiger partial charge on any atom is -0.455 e. The second-order valence-corrected chi connectivity index (χ2v) is 27.8. The van der Waals surface area contributed by atoms with Gasteiger partial charge in [0, 0.05) is 101 Å². The third-order valence-electron chi connectivity index (χ3n) is 20.9. The summed E-state index contributed by atoms with van der Waals surface area (Å²) >= 11 is 0. The van der Waals surface area contributed by atoms with Crippen LogP contribution in [0.3, 0.4) is 0 Å². The van der Waals surface area contributed by atoms with Gasteiger partial charge in [-0.05, 0) is 92.4 Å². The number of benzene rings is 2. The lowest BCUT2D eigenvalue weighted by atomic mass is 9.40. The number of ether oxygens (including phenoxy) is 5. The smallest absolute Gasteiger partial charge is 0.348 e. The van der Waals surface area contributed by atoms with E-state index in [0.717, 1.165) is 16.0 Å². The number of nitrogens with zero attached hydrogens (tertiary/aromatic N) is 1. The van der Waals surface area contributed by atoms with Gasteiger partial charge < -0.3 is 39.4 Å². The number of methoxy groups -OCH3 is 2. The van der Waals surface area contributed by atoms with Crippen LogP contribution in [0, 0.1) is 45.8 Å². The molecule has 2 saturated carbocycles. The molecular formula is C72H99N3O16. The summed E-state index contributed by atoms with van der Waals surface area (Å²) in [5.74, 6) is -7.08. The molecule has 19 nitrogen and oxygen atoms in total. The molecule has 2 aliphatic heterocycles. The molecule has 0 spiro atoms. The standard InChI is InChI=1S/C72H99N3O16/c1-43(2)36-50(38-54(78)53(37-48-25-16-13-17-26-48)74-58(79)32-31-51(76)29-20-15-23-35-75-59(80)33-34-60(75)81)66(83)73-41-52(77)30-22-21-24-44(3)67(84)91-62(45(4)49-27-18-14-19-28-49)68(85)90-55-40-72(86)47(6)64-70(9)42-89-56(70)39-57(87-11)71(64,10)65(82)63(88-12)61(46(55)5)69(72,7)8/h13-14,16-19,25-28,33-34,43-45,47,50,53,55-57,62-64,86H,15,20-24,29-32,35-42H2,1-12H3,(H,73,83)(H,74,79)/t44?,45-,47-,50+,53-,55-,56+,57-,62+,63+,64+,70+,71+,72+/m0/s1. The van der Waals surface area contributed by atoms with Gasteiger partial charge in [0.2, 0.25) is 17.9 Å². The molecule has 7 rings (SSSR count). The van der Waals surface area contributed by atoms with Crippen molar-refractivity contribution in [3.8, 4) is 0 Å². The molecule has 3 aliphatic carbocycles. The van der Waals surface area contributed by atoms with Crippen LogP contribution in [0.4, 0.5) is 0 Å². The van der Waals surface area contributed by atoms with Crippen LogP contribution in [0.25, 0.3) is 0 Å². The Kier molecular flexibility index (Phi) is 24.4. The van der Waals surface area contributed by atoms with E-state index in [4.69, 9.17) is 23.7 Å². The second kappa shape index (κ2) is 30.9. The Balaban J connectivity index is 0.930. The Labute approximate surface area is 537 Å². The van der Waals surface area contributed by atoms with Gasteiger partial charge in [-0.3, -0.25) is 48.1 Å². The lowest BCUT2D eigenvalue weighted by Gasteiger charge is -2.69. The first-order chi connectivity index (χ1) is 43.0. The molecule has 4 amide bonds. The van der Waals surface area contributed by atoms with Crippen LogP contribution in [-0.4, -0.2) is 145 Å². The number of unbranched alkanes of at least 4 members (excludes halogenated alkanes) is 3. The largest absolute Gasteiger partial charge is 0.455 e. The van der Waals surface area contributed by atoms with E-state index in [1.54, 1.807) is 21.0 Å². The topological polar surface area (TPSA) is 264 Å². The normalized spacial score (nSPS) is 27.5. The number of Topliss-reactive ketones (excluding diaryl/α,β-unsaturated/α-hetero) is 4. The number of aliphatic hydroxyl groups is 1. The van der Waals surface area contributed by atoms with Gasteiger partial charge in [0.1, 0.15) is 18.0 Å². The van der Waals surface area contributed by atoms with Crippen molar-refractivity contribution in [3.05, 3.63) is 95.1 Å². The van der Waals surface area contributed by atoms with Crippen LogP contribution in [0.5, 0.6) is 0 Å². The highest BCUT2D eigenvalue weighted by atomic mass is 16.6. The monoisotopic (exact) mass is 1260 g/mol. The van der Waals surface area contributed by atoms with E-state index in [9.17, 15) is 48.3 Å². The lowest BCUT2D eigenvalue weighted by molar-refractivity contribution is -0.305. The van der Waals surface area contributed by atoms with E-state index in [1.165, 1.54) is 19.3 Å². The van der Waals surface area contributed by atoms with Crippen LogP contribution in [0.15, 0.2) is 84.0 Å². The third-order valence-corrected chi connectivity index (χ3v) is 20.9. The number of hydrogen-bond acceptors (Lipinski definition) is 16. The zero-order valence-corrected chi connectivity index (χ0v) is 55.6. The second-order valence-electron chi connectivity index (χ2n) is 27.8. The molecule has 19 heteroatoms. The number of imide groups is 1. The molecule has 3 fully saturated rings. The summed E-state index contributed by atoms with van der Waals surface area (Å²) in [5, 5.41) is 19.1. The number of fused-ring (bicyclic) bond motifs is 5. The number of nitrogens with one attached hydrogen (secondary N) is 2. The summed E-state index contributed by atoms with van der Waals surface area (Å²) in [5.41, 5.74) is -1.49. The molecule has 91 heavy (non-hydrogen) atoms. The molecule has 0 aromatic heterocycles. The average Bonchev–Trinajstić information content (AvgIpc) is 0.837. The summed E-state index contributed by atoms with van der Waals surface area (Å²) < 4.78 is 31.1. The first-order valence-electron chi connectivity index (χ1n) is 32.8. The Morgan fingerprint density at radius 3 is 2.03 bits per heavy atom. The van der Waals surface area contributed by atoms with Crippen LogP contribution in [-0.2, 0) is 78.1 Å². The van der Waals surface area contributed by atoms with E-state index >= 15 is 4.79 Å². The minimum absolute atomic E-state index is 0.000153. The first kappa shape index (κ1) is 71.9. The summed E-state index contributed by atoms with van der Waals surface area (Å²) in [4.78, 5) is 136. The summed E-state index contributed by atoms with van der Waals surface area (Å²) in [7, 11) is 3.09. The predicted octanol–water partition coefficient (Wildman–Crippen LogP) is 8.84. The van der Waals surface area contributed by atoms with Crippen molar-refractivity contribution < 1.29 is 76.7 Å². The zero-order chi connectivity index (χ0) is 66.8. The molecule has 2 bridgehead atoms. The van der Waals surface area contributed by atoms with Crippen molar-refractivity contribution in [1.29, 1.82) is 0 Å². The summed E-state index contributed by atoms with van der Waals surface area (Å²) in [6.45, 7) is 19.5. The van der Waals surface area contributed by atoms with Crippen LogP contribution >= 0.6 is 0 Å². The molecular weight excluding hydrogens is 1160 g/mol. The molecule has 2 aromatic carbocycles. The fraction of sp³-hybridized carbons (Fsp3) is 0.639. The van der Waals surface area contributed by atoms with E-state index < -0.39 is 106 Å². The summed E-state index contributed by atoms with van der Waals surface area (Å²) in [6, 6.07) is 17.3. The molecule has 14 atom stereocenters. The fourth-order valence-corrected chi connectivity index (χ4v) is 15.5. The molecule has 5 aliphatic rings. The van der Waals surface area contributed by atoms with Crippen LogP contribution in [0.2, 0.25) is 0 Å². The first-order valence-corrected chi connectivity index (χ1v) is 32.8. The van der Waals surface area contributed by atoms with Gasteiger partial charge in [0.05, 0.1) is 48.3 Å². The van der Waals surface area contributed by atoms with Crippen molar-refractivity contribution in [2.45, 2.75) is 214 Å². The third kappa shape index (κ3) is 16.1. The molecule has 3 N–H and O–H groups in total. The Morgan fingerprint density at radius 1 is 0.780 bits per heavy atom. The van der Waals surface area contributed by atoms with Crippen molar-refractivity contribution in [2.75, 3.05) is 33.9 Å². The summed E-state index contributed by atoms with van der Waals surface area (Å²) in [6.07, 6.45) is 2.08. The lowest BCUT2D eigenvalue weighted by Crippen LogP contribution is -2.75. The van der Waals surface area contributed by atoms with E-state index in [0.29, 0.717) is 69.1 Å². The fourth-order valence-electron chi connectivity index (χ4n) is 15.5. The minimum atomic E-state index is -1.54. The van der Waals surface area contributed by atoms with Gasteiger partial charge in [-0.1, -0.05) is 129 Å². The number of amides is 4. The maximum atomic E-state index is 15.4. The molecule has 498 valence electrons. The Hall–Kier alpha value is -6.54. The highest BCUT2D eigenvalue weighted by Crippen LogP contribution is 2.67. The van der Waals surface area contributed by atoms with Gasteiger partial charge in [-0.15, -0.1) is 0 Å². The predicted molar refractivity (Wildman–Crippen MR) is 339 cm³/mol. The average molecular weight is 1260 g/mol. The highest BCUT2D eigenvalue weighted by Gasteiger charge is 2.73. The Morgan fingerprint density at radius 2 is 1.42 bits per heavy atom. The SMILES string of the molecule is CO[C@H]1C(=O)[C@]2(C)[C@@H](OC)C[C@H]3OC[C@@]3(C)[C@H]2[C@H](C)[C@]2(O)C[C@H](OC(=O)[C@H](OC(=O)C(C)CCCCC(=O)CNC(=O)[C@@H](CC(=O)[C@H](Cc3ccccc3)NC(=O)CCC(=O)CCCCCN3C(=O)C=CC3=O)CC(C)C)[C@@H](C)c3ccccc3)C(C)=C1C2(C)C.